The van der Waals surface area contributed by atoms with Gasteiger partial charge >= 0.3 is 0 Å². The lowest BCUT2D eigenvalue weighted by molar-refractivity contribution is 0.104. The highest BCUT2D eigenvalue weighted by Crippen LogP contribution is 2.27. The van der Waals surface area contributed by atoms with Crippen LogP contribution in [0.5, 0.6) is 0 Å². The topological polar surface area (TPSA) is 54.2 Å². The molecule has 0 aromatic carbocycles. The van der Waals surface area contributed by atoms with Crippen molar-refractivity contribution in [1.82, 2.24) is 20.4 Å². The highest BCUT2D eigenvalue weighted by Gasteiger charge is 2.35. The summed E-state index contributed by atoms with van der Waals surface area (Å²) in [6.07, 6.45) is 5.90. The number of piperidine rings is 1. The Labute approximate surface area is 114 Å². The van der Waals surface area contributed by atoms with Crippen molar-refractivity contribution in [3.8, 4) is 0 Å². The second kappa shape index (κ2) is 6.01. The fourth-order valence-electron chi connectivity index (χ4n) is 3.32. The van der Waals surface area contributed by atoms with Gasteiger partial charge in [0.1, 0.15) is 0 Å². The fourth-order valence-corrected chi connectivity index (χ4v) is 3.32. The van der Waals surface area contributed by atoms with E-state index in [0.717, 1.165) is 50.1 Å². The maximum atomic E-state index is 5.39. The Kier molecular flexibility index (Phi) is 4.13. The van der Waals surface area contributed by atoms with Gasteiger partial charge in [-0.2, -0.15) is 4.98 Å². The number of rotatable bonds is 5. The Morgan fingerprint density at radius 1 is 1.42 bits per heavy atom. The van der Waals surface area contributed by atoms with E-state index in [1.165, 1.54) is 25.8 Å². The van der Waals surface area contributed by atoms with Crippen LogP contribution in [0.15, 0.2) is 4.52 Å². The van der Waals surface area contributed by atoms with Crippen LogP contribution in [0.4, 0.5) is 0 Å². The maximum Gasteiger partial charge on any atom is 0.240 e. The van der Waals surface area contributed by atoms with E-state index in [1.54, 1.807) is 0 Å². The summed E-state index contributed by atoms with van der Waals surface area (Å²) in [4.78, 5) is 7.04. The van der Waals surface area contributed by atoms with Crippen LogP contribution in [0.2, 0.25) is 0 Å². The number of aryl methyl sites for hydroxylation is 1. The van der Waals surface area contributed by atoms with Gasteiger partial charge in [0.2, 0.25) is 5.89 Å². The molecule has 2 saturated heterocycles. The predicted octanol–water partition coefficient (Wildman–Crippen LogP) is 1.60. The first-order valence-corrected chi connectivity index (χ1v) is 7.63. The summed E-state index contributed by atoms with van der Waals surface area (Å²) in [7, 11) is 0. The van der Waals surface area contributed by atoms with E-state index in [9.17, 15) is 0 Å². The molecule has 1 aromatic heterocycles. The third-order valence-corrected chi connectivity index (χ3v) is 4.40. The minimum Gasteiger partial charge on any atom is -0.338 e. The summed E-state index contributed by atoms with van der Waals surface area (Å²) >= 11 is 0. The average molecular weight is 264 g/mol. The maximum absolute atomic E-state index is 5.39. The molecule has 3 heterocycles. The molecule has 2 atom stereocenters. The molecule has 1 N–H and O–H groups in total. The molecule has 3 rings (SSSR count). The molecule has 0 spiro atoms. The minimum atomic E-state index is 0.666. The van der Waals surface area contributed by atoms with Crippen molar-refractivity contribution >= 4 is 0 Å². The van der Waals surface area contributed by atoms with Gasteiger partial charge in [-0.25, -0.2) is 0 Å². The molecule has 2 fully saturated rings. The summed E-state index contributed by atoms with van der Waals surface area (Å²) < 4.78 is 5.39. The van der Waals surface area contributed by atoms with Crippen LogP contribution in [0, 0.1) is 5.92 Å². The molecule has 0 amide bonds. The Hall–Kier alpha value is -0.940. The number of unbranched alkanes of at least 4 members (excludes halogenated alkanes) is 1. The van der Waals surface area contributed by atoms with E-state index in [2.05, 4.69) is 27.3 Å². The van der Waals surface area contributed by atoms with Gasteiger partial charge in [0.25, 0.3) is 0 Å². The second-order valence-corrected chi connectivity index (χ2v) is 5.81. The molecule has 1 aromatic rings. The normalized spacial score (nSPS) is 27.6. The van der Waals surface area contributed by atoms with Crippen LogP contribution in [0.3, 0.4) is 0 Å². The zero-order valence-corrected chi connectivity index (χ0v) is 11.8. The summed E-state index contributed by atoms with van der Waals surface area (Å²) in [5.74, 6) is 2.48. The number of aromatic nitrogens is 2. The quantitative estimate of drug-likeness (QED) is 0.875. The molecule has 2 unspecified atom stereocenters. The Bertz CT molecular complexity index is 406. The second-order valence-electron chi connectivity index (χ2n) is 5.81. The highest BCUT2D eigenvalue weighted by atomic mass is 16.5. The summed E-state index contributed by atoms with van der Waals surface area (Å²) in [5.41, 5.74) is 0. The minimum absolute atomic E-state index is 0.666. The van der Waals surface area contributed by atoms with Crippen LogP contribution in [0.25, 0.3) is 0 Å². The molecule has 5 nitrogen and oxygen atoms in total. The number of nitrogens with zero attached hydrogens (tertiary/aromatic N) is 3. The Morgan fingerprint density at radius 2 is 2.37 bits per heavy atom. The van der Waals surface area contributed by atoms with Gasteiger partial charge in [-0.1, -0.05) is 18.5 Å². The van der Waals surface area contributed by atoms with Crippen molar-refractivity contribution in [2.24, 2.45) is 5.92 Å². The van der Waals surface area contributed by atoms with Gasteiger partial charge in [0.05, 0.1) is 6.54 Å². The molecular formula is C14H24N4O. The van der Waals surface area contributed by atoms with Crippen molar-refractivity contribution in [2.75, 3.05) is 19.6 Å². The Morgan fingerprint density at radius 3 is 3.26 bits per heavy atom. The highest BCUT2D eigenvalue weighted by molar-refractivity contribution is 4.94. The number of likely N-dealkylation sites (tertiary alicyclic amines) is 1. The molecule has 106 valence electrons. The SMILES string of the molecule is CCCCc1noc(CN2CCCC3CNCC32)n1. The van der Waals surface area contributed by atoms with Crippen molar-refractivity contribution in [2.45, 2.75) is 51.6 Å². The van der Waals surface area contributed by atoms with Crippen LogP contribution >= 0.6 is 0 Å². The van der Waals surface area contributed by atoms with Crippen LogP contribution < -0.4 is 5.32 Å². The van der Waals surface area contributed by atoms with E-state index in [1.807, 2.05) is 0 Å². The smallest absolute Gasteiger partial charge is 0.240 e. The first-order chi connectivity index (χ1) is 9.36. The average Bonchev–Trinajstić information content (AvgIpc) is 3.05. The van der Waals surface area contributed by atoms with E-state index in [-0.39, 0.29) is 0 Å². The van der Waals surface area contributed by atoms with Crippen LogP contribution in [0.1, 0.15) is 44.3 Å². The van der Waals surface area contributed by atoms with Gasteiger partial charge in [-0.15, -0.1) is 0 Å². The van der Waals surface area contributed by atoms with Gasteiger partial charge in [-0.05, 0) is 38.3 Å². The molecule has 19 heavy (non-hydrogen) atoms. The number of nitrogens with one attached hydrogen (secondary N) is 1. The van der Waals surface area contributed by atoms with E-state index in [0.29, 0.717) is 6.04 Å². The van der Waals surface area contributed by atoms with E-state index >= 15 is 0 Å². The summed E-state index contributed by atoms with van der Waals surface area (Å²) in [6.45, 7) is 6.45. The lowest BCUT2D eigenvalue weighted by atomic mass is 9.92. The molecule has 0 radical (unpaired) electrons. The van der Waals surface area contributed by atoms with E-state index < -0.39 is 0 Å². The molecule has 2 aliphatic heterocycles. The number of hydrogen-bond donors (Lipinski definition) is 1. The first-order valence-electron chi connectivity index (χ1n) is 7.63. The molecule has 0 saturated carbocycles. The molecule has 0 bridgehead atoms. The molecule has 0 aliphatic carbocycles. The van der Waals surface area contributed by atoms with Crippen LogP contribution in [-0.2, 0) is 13.0 Å². The zero-order chi connectivity index (χ0) is 13.1. The Balaban J connectivity index is 1.59. The summed E-state index contributed by atoms with van der Waals surface area (Å²) in [6, 6.07) is 0.666. The lowest BCUT2D eigenvalue weighted by Gasteiger charge is -2.35. The largest absolute Gasteiger partial charge is 0.338 e. The fraction of sp³-hybridized carbons (Fsp3) is 0.857. The number of hydrogen-bond acceptors (Lipinski definition) is 5. The summed E-state index contributed by atoms with van der Waals surface area (Å²) in [5, 5.41) is 7.58. The monoisotopic (exact) mass is 264 g/mol. The van der Waals surface area contributed by atoms with Crippen molar-refractivity contribution < 1.29 is 4.52 Å². The number of fused-ring (bicyclic) bond motifs is 1. The van der Waals surface area contributed by atoms with E-state index in [4.69, 9.17) is 4.52 Å². The van der Waals surface area contributed by atoms with Crippen LogP contribution in [-0.4, -0.2) is 40.7 Å². The molecule has 5 heteroatoms. The first kappa shape index (κ1) is 13.1. The van der Waals surface area contributed by atoms with Crippen molar-refractivity contribution in [3.63, 3.8) is 0 Å². The van der Waals surface area contributed by atoms with Gasteiger partial charge in [-0.3, -0.25) is 4.90 Å². The zero-order valence-electron chi connectivity index (χ0n) is 11.8. The standard InChI is InChI=1S/C14H24N4O/c1-2-3-6-13-16-14(19-17-13)10-18-7-4-5-11-8-15-9-12(11)18/h11-12,15H,2-10H2,1H3. The molecule has 2 aliphatic rings. The lowest BCUT2D eigenvalue weighted by Crippen LogP contribution is -2.44. The third-order valence-electron chi connectivity index (χ3n) is 4.40. The van der Waals surface area contributed by atoms with Crippen molar-refractivity contribution in [1.29, 1.82) is 0 Å². The van der Waals surface area contributed by atoms with Crippen molar-refractivity contribution in [3.05, 3.63) is 11.7 Å². The third kappa shape index (κ3) is 2.98. The van der Waals surface area contributed by atoms with Gasteiger partial charge in [0.15, 0.2) is 5.82 Å². The van der Waals surface area contributed by atoms with Gasteiger partial charge in [0, 0.05) is 19.0 Å². The molecular weight excluding hydrogens is 240 g/mol. The van der Waals surface area contributed by atoms with Gasteiger partial charge < -0.3 is 9.84 Å². The predicted molar refractivity (Wildman–Crippen MR) is 72.7 cm³/mol.